The average molecular weight is 161 g/mol. The van der Waals surface area contributed by atoms with Gasteiger partial charge >= 0.3 is 0 Å². The molecule has 0 amide bonds. The highest BCUT2D eigenvalue weighted by atomic mass is 35.5. The van der Waals surface area contributed by atoms with Crippen LogP contribution in [0.5, 0.6) is 0 Å². The van der Waals surface area contributed by atoms with Gasteiger partial charge in [-0.1, -0.05) is 0 Å². The molecule has 0 saturated heterocycles. The minimum absolute atomic E-state index is 0. The first kappa shape index (κ1) is 7.57. The van der Waals surface area contributed by atoms with Gasteiger partial charge in [-0.15, -0.1) is 12.4 Å². The lowest BCUT2D eigenvalue weighted by Crippen LogP contribution is -2.07. The smallest absolute Gasteiger partial charge is 0.0885 e. The molecule has 0 bridgehead atoms. The first-order valence-corrected chi connectivity index (χ1v) is 3.05. The molecule has 1 aliphatic heterocycles. The van der Waals surface area contributed by atoms with Crippen molar-refractivity contribution in [3.05, 3.63) is 17.5 Å². The van der Waals surface area contributed by atoms with Crippen LogP contribution in [0.15, 0.2) is 6.20 Å². The zero-order valence-electron chi connectivity index (χ0n) is 5.46. The summed E-state index contributed by atoms with van der Waals surface area (Å²) in [4.78, 5) is 0. The molecule has 56 valence electrons. The lowest BCUT2D eigenvalue weighted by molar-refractivity contribution is 0.108. The van der Waals surface area contributed by atoms with Gasteiger partial charge in [0.1, 0.15) is 0 Å². The van der Waals surface area contributed by atoms with Gasteiger partial charge in [0, 0.05) is 0 Å². The maximum absolute atomic E-state index is 5.18. The quantitative estimate of drug-likeness (QED) is 0.613. The van der Waals surface area contributed by atoms with Gasteiger partial charge in [-0.05, 0) is 12.0 Å². The lowest BCUT2D eigenvalue weighted by Gasteiger charge is -2.09. The van der Waals surface area contributed by atoms with Crippen LogP contribution in [-0.2, 0) is 17.8 Å². The second-order valence-corrected chi connectivity index (χ2v) is 2.18. The second kappa shape index (κ2) is 3.03. The van der Waals surface area contributed by atoms with Crippen LogP contribution in [0.2, 0.25) is 0 Å². The van der Waals surface area contributed by atoms with Crippen molar-refractivity contribution in [1.29, 1.82) is 0 Å². The fraction of sp³-hybridized carbons (Fsp3) is 0.500. The molecule has 10 heavy (non-hydrogen) atoms. The third-order valence-electron chi connectivity index (χ3n) is 1.57. The van der Waals surface area contributed by atoms with Crippen molar-refractivity contribution < 1.29 is 4.74 Å². The predicted octanol–water partition coefficient (Wildman–Crippen LogP) is 0.904. The molecule has 1 aliphatic rings. The predicted molar refractivity (Wildman–Crippen MR) is 39.2 cm³/mol. The Labute approximate surface area is 65.2 Å². The number of nitrogens with one attached hydrogen (secondary N) is 1. The molecule has 2 heterocycles. The lowest BCUT2D eigenvalue weighted by atomic mass is 10.2. The molecule has 0 saturated carbocycles. The standard InChI is InChI=1S/C6H8N2O.ClH/c1-2-9-4-6-5(1)3-7-8-6;/h3H,1-2,4H2,(H,7,8);1H. The van der Waals surface area contributed by atoms with Gasteiger partial charge in [-0.25, -0.2) is 0 Å². The summed E-state index contributed by atoms with van der Waals surface area (Å²) in [5.41, 5.74) is 2.45. The third-order valence-corrected chi connectivity index (χ3v) is 1.57. The summed E-state index contributed by atoms with van der Waals surface area (Å²) in [7, 11) is 0. The summed E-state index contributed by atoms with van der Waals surface area (Å²) < 4.78 is 5.18. The summed E-state index contributed by atoms with van der Waals surface area (Å²) in [6.07, 6.45) is 2.88. The van der Waals surface area contributed by atoms with Crippen LogP contribution in [0.4, 0.5) is 0 Å². The number of fused-ring (bicyclic) bond motifs is 1. The monoisotopic (exact) mass is 160 g/mol. The Kier molecular flexibility index (Phi) is 2.29. The highest BCUT2D eigenvalue weighted by Crippen LogP contribution is 2.11. The van der Waals surface area contributed by atoms with Crippen LogP contribution in [0.3, 0.4) is 0 Å². The molecule has 1 N–H and O–H groups in total. The fourth-order valence-electron chi connectivity index (χ4n) is 1.03. The van der Waals surface area contributed by atoms with Crippen LogP contribution in [0.1, 0.15) is 11.3 Å². The number of nitrogens with zero attached hydrogens (tertiary/aromatic N) is 1. The SMILES string of the molecule is Cl.c1n[nH]c2c1CCOC2. The molecule has 1 aromatic heterocycles. The Balaban J connectivity index is 0.000000500. The van der Waals surface area contributed by atoms with Crippen molar-refractivity contribution in [2.75, 3.05) is 6.61 Å². The van der Waals surface area contributed by atoms with Crippen molar-refractivity contribution in [2.24, 2.45) is 0 Å². The summed E-state index contributed by atoms with van der Waals surface area (Å²) >= 11 is 0. The molecule has 0 fully saturated rings. The van der Waals surface area contributed by atoms with Crippen LogP contribution < -0.4 is 0 Å². The number of hydrogen-bond acceptors (Lipinski definition) is 2. The van der Waals surface area contributed by atoms with E-state index in [0.717, 1.165) is 18.7 Å². The Morgan fingerprint density at radius 1 is 1.60 bits per heavy atom. The molecule has 3 nitrogen and oxygen atoms in total. The number of H-pyrrole nitrogens is 1. The molecule has 0 radical (unpaired) electrons. The highest BCUT2D eigenvalue weighted by Gasteiger charge is 2.09. The van der Waals surface area contributed by atoms with Gasteiger partial charge in [0.15, 0.2) is 0 Å². The van der Waals surface area contributed by atoms with Crippen LogP contribution in [0, 0.1) is 0 Å². The Morgan fingerprint density at radius 2 is 2.50 bits per heavy atom. The first-order valence-electron chi connectivity index (χ1n) is 3.05. The van der Waals surface area contributed by atoms with E-state index in [1.54, 1.807) is 0 Å². The van der Waals surface area contributed by atoms with Crippen LogP contribution in [0.25, 0.3) is 0 Å². The summed E-state index contributed by atoms with van der Waals surface area (Å²) in [5, 5.41) is 6.78. The van der Waals surface area contributed by atoms with E-state index >= 15 is 0 Å². The Bertz CT molecular complexity index is 191. The molecule has 0 aliphatic carbocycles. The maximum Gasteiger partial charge on any atom is 0.0885 e. The molecule has 0 unspecified atom stereocenters. The van der Waals surface area contributed by atoms with Gasteiger partial charge in [0.25, 0.3) is 0 Å². The molecular formula is C6H9ClN2O. The van der Waals surface area contributed by atoms with E-state index in [0.29, 0.717) is 6.61 Å². The van der Waals surface area contributed by atoms with E-state index in [4.69, 9.17) is 4.74 Å². The second-order valence-electron chi connectivity index (χ2n) is 2.18. The van der Waals surface area contributed by atoms with E-state index in [2.05, 4.69) is 10.2 Å². The fourth-order valence-corrected chi connectivity index (χ4v) is 1.03. The van der Waals surface area contributed by atoms with Gasteiger partial charge in [-0.3, -0.25) is 5.10 Å². The number of ether oxygens (including phenoxy) is 1. The zero-order valence-corrected chi connectivity index (χ0v) is 6.28. The van der Waals surface area contributed by atoms with Gasteiger partial charge in [-0.2, -0.15) is 5.10 Å². The van der Waals surface area contributed by atoms with E-state index in [1.807, 2.05) is 6.20 Å². The summed E-state index contributed by atoms with van der Waals surface area (Å²) in [5.74, 6) is 0. The number of aromatic amines is 1. The molecule has 4 heteroatoms. The van der Waals surface area contributed by atoms with E-state index in [-0.39, 0.29) is 12.4 Å². The minimum Gasteiger partial charge on any atom is -0.375 e. The number of hydrogen-bond donors (Lipinski definition) is 1. The number of aromatic nitrogens is 2. The van der Waals surface area contributed by atoms with E-state index < -0.39 is 0 Å². The van der Waals surface area contributed by atoms with E-state index in [9.17, 15) is 0 Å². The first-order chi connectivity index (χ1) is 4.47. The molecule has 1 aromatic rings. The molecular weight excluding hydrogens is 152 g/mol. The number of rotatable bonds is 0. The molecule has 0 spiro atoms. The zero-order chi connectivity index (χ0) is 6.10. The van der Waals surface area contributed by atoms with E-state index in [1.165, 1.54) is 5.56 Å². The summed E-state index contributed by atoms with van der Waals surface area (Å²) in [6, 6.07) is 0. The van der Waals surface area contributed by atoms with Crippen LogP contribution >= 0.6 is 12.4 Å². The topological polar surface area (TPSA) is 37.9 Å². The normalized spacial score (nSPS) is 15.6. The molecule has 0 atom stereocenters. The molecule has 2 rings (SSSR count). The van der Waals surface area contributed by atoms with Crippen molar-refractivity contribution >= 4 is 12.4 Å². The number of halogens is 1. The van der Waals surface area contributed by atoms with Crippen molar-refractivity contribution in [3.8, 4) is 0 Å². The summed E-state index contributed by atoms with van der Waals surface area (Å²) in [6.45, 7) is 1.54. The average Bonchev–Trinajstić information content (AvgIpc) is 2.33. The Hall–Kier alpha value is -0.540. The van der Waals surface area contributed by atoms with Crippen LogP contribution in [-0.4, -0.2) is 16.8 Å². The van der Waals surface area contributed by atoms with Gasteiger partial charge in [0.05, 0.1) is 25.1 Å². The maximum atomic E-state index is 5.18. The largest absolute Gasteiger partial charge is 0.375 e. The van der Waals surface area contributed by atoms with Gasteiger partial charge < -0.3 is 4.74 Å². The van der Waals surface area contributed by atoms with Crippen molar-refractivity contribution in [2.45, 2.75) is 13.0 Å². The minimum atomic E-state index is 0. The van der Waals surface area contributed by atoms with Crippen molar-refractivity contribution in [1.82, 2.24) is 10.2 Å². The highest BCUT2D eigenvalue weighted by molar-refractivity contribution is 5.85. The molecule has 0 aromatic carbocycles. The third kappa shape index (κ3) is 1.15. The van der Waals surface area contributed by atoms with Gasteiger partial charge in [0.2, 0.25) is 0 Å². The van der Waals surface area contributed by atoms with Crippen molar-refractivity contribution in [3.63, 3.8) is 0 Å². The Morgan fingerprint density at radius 3 is 3.30 bits per heavy atom.